The first-order valence-electron chi connectivity index (χ1n) is 25.0. The van der Waals surface area contributed by atoms with Gasteiger partial charge in [0.1, 0.15) is 0 Å². The molecule has 9 rings (SSSR count). The quantitative estimate of drug-likeness (QED) is 0.0495. The number of hydrogen-bond acceptors (Lipinski definition) is 9. The molecule has 0 fully saturated rings. The predicted octanol–water partition coefficient (Wildman–Crippen LogP) is 10.8. The number of benzene rings is 6. The predicted molar refractivity (Wildman–Crippen MR) is 313 cm³/mol. The van der Waals surface area contributed by atoms with Crippen molar-refractivity contribution < 1.29 is 30.6 Å². The molecule has 0 bridgehead atoms. The Morgan fingerprint density at radius 1 is 0.373 bits per heavy atom. The molecule has 0 aromatic heterocycles. The van der Waals surface area contributed by atoms with Crippen molar-refractivity contribution in [2.45, 2.75) is 77.4 Å². The van der Waals surface area contributed by atoms with Crippen LogP contribution < -0.4 is 16.0 Å². The zero-order valence-corrected chi connectivity index (χ0v) is 46.2. The molecule has 0 aliphatic carbocycles. The van der Waals surface area contributed by atoms with E-state index >= 15 is 0 Å². The Balaban J connectivity index is 0.000000164. The number of hydrogen-bond donors (Lipinski definition) is 9. The Morgan fingerprint density at radius 2 is 0.600 bits per heavy atom. The van der Waals surface area contributed by atoms with E-state index in [1.54, 1.807) is 36.4 Å². The highest BCUT2D eigenvalue weighted by atomic mass is 35.5. The second kappa shape index (κ2) is 27.7. The highest BCUT2D eigenvalue weighted by molar-refractivity contribution is 7.80. The molecule has 3 aliphatic heterocycles. The van der Waals surface area contributed by atoms with E-state index in [1.807, 2.05) is 72.8 Å². The van der Waals surface area contributed by atoms with E-state index in [2.05, 4.69) is 30.7 Å². The summed E-state index contributed by atoms with van der Waals surface area (Å²) in [6.07, 6.45) is 8.08. The molecule has 12 nitrogen and oxygen atoms in total. The van der Waals surface area contributed by atoms with Crippen LogP contribution in [0.4, 0.5) is 0 Å². The summed E-state index contributed by atoms with van der Waals surface area (Å²) >= 11 is 34.3. The molecular formula is C57H63Cl3N6O6S3. The number of rotatable bonds is 9. The lowest BCUT2D eigenvalue weighted by molar-refractivity contribution is 0.397. The fourth-order valence-electron chi connectivity index (χ4n) is 9.11. The van der Waals surface area contributed by atoms with Crippen molar-refractivity contribution in [2.75, 3.05) is 39.3 Å². The second-order valence-corrected chi connectivity index (χ2v) is 21.2. The van der Waals surface area contributed by atoms with Gasteiger partial charge in [0.15, 0.2) is 49.8 Å². The molecule has 0 saturated heterocycles. The first kappa shape index (κ1) is 56.8. The second-order valence-electron chi connectivity index (χ2n) is 18.7. The molecule has 0 saturated carbocycles. The summed E-state index contributed by atoms with van der Waals surface area (Å²) in [7, 11) is 0. The molecule has 3 heterocycles. The van der Waals surface area contributed by atoms with E-state index in [9.17, 15) is 30.6 Å². The standard InChI is InChI=1S/3C19H21ClN2O2S/c3*20-16-5-3-13(4-6-16)7-8-21-19(25)22-9-1-2-14-10-17(23)18(24)11-15(14)12-22/h3*3-6,10-11,23-24H,1-2,7-9,12H2,(H,21,25). The molecule has 0 radical (unpaired) electrons. The first-order valence-corrected chi connectivity index (χ1v) is 27.4. The van der Waals surface area contributed by atoms with E-state index in [4.69, 9.17) is 71.5 Å². The van der Waals surface area contributed by atoms with Gasteiger partial charge >= 0.3 is 0 Å². The number of aromatic hydroxyl groups is 6. The Labute approximate surface area is 470 Å². The Hall–Kier alpha value is -5.94. The average molecular weight is 1130 g/mol. The maximum absolute atomic E-state index is 9.75. The van der Waals surface area contributed by atoms with Crippen molar-refractivity contribution in [1.29, 1.82) is 0 Å². The number of phenols is 6. The third-order valence-electron chi connectivity index (χ3n) is 13.3. The van der Waals surface area contributed by atoms with Crippen LogP contribution in [0.25, 0.3) is 0 Å². The molecule has 6 aromatic carbocycles. The van der Waals surface area contributed by atoms with Gasteiger partial charge in [-0.1, -0.05) is 71.2 Å². The normalized spacial score (nSPS) is 13.9. The molecule has 0 atom stereocenters. The van der Waals surface area contributed by atoms with Crippen LogP contribution in [0.3, 0.4) is 0 Å². The van der Waals surface area contributed by atoms with Crippen molar-refractivity contribution in [3.8, 4) is 34.5 Å². The van der Waals surface area contributed by atoms with Crippen LogP contribution in [0, 0.1) is 0 Å². The smallest absolute Gasteiger partial charge is 0.169 e. The third-order valence-corrected chi connectivity index (χ3v) is 15.2. The van der Waals surface area contributed by atoms with Gasteiger partial charge in [-0.15, -0.1) is 0 Å². The summed E-state index contributed by atoms with van der Waals surface area (Å²) in [5.41, 5.74) is 9.87. The maximum Gasteiger partial charge on any atom is 0.169 e. The molecule has 396 valence electrons. The highest BCUT2D eigenvalue weighted by Gasteiger charge is 2.22. The van der Waals surface area contributed by atoms with E-state index in [1.165, 1.54) is 16.7 Å². The van der Waals surface area contributed by atoms with Crippen LogP contribution in [0.2, 0.25) is 15.1 Å². The van der Waals surface area contributed by atoms with Crippen molar-refractivity contribution >= 4 is 86.8 Å². The molecule has 18 heteroatoms. The monoisotopic (exact) mass is 1130 g/mol. The molecule has 9 N–H and O–H groups in total. The van der Waals surface area contributed by atoms with Crippen LogP contribution in [0.1, 0.15) is 69.3 Å². The molecule has 0 unspecified atom stereocenters. The van der Waals surface area contributed by atoms with Gasteiger partial charge in [0.25, 0.3) is 0 Å². The van der Waals surface area contributed by atoms with Crippen molar-refractivity contribution in [3.63, 3.8) is 0 Å². The molecule has 3 aliphatic rings. The number of phenolic OH excluding ortho intramolecular Hbond substituents is 6. The van der Waals surface area contributed by atoms with Crippen LogP contribution >= 0.6 is 71.5 Å². The minimum atomic E-state index is -0.0813. The molecule has 0 amide bonds. The molecule has 0 spiro atoms. The van der Waals surface area contributed by atoms with Crippen LogP contribution in [-0.4, -0.2) is 99.9 Å². The maximum atomic E-state index is 9.75. The summed E-state index contributed by atoms with van der Waals surface area (Å²) in [4.78, 5) is 6.33. The number of halogens is 3. The summed E-state index contributed by atoms with van der Waals surface area (Å²) < 4.78 is 0. The van der Waals surface area contributed by atoms with Crippen molar-refractivity contribution in [3.05, 3.63) is 174 Å². The molecule has 6 aromatic rings. The van der Waals surface area contributed by atoms with Crippen LogP contribution in [0.5, 0.6) is 34.5 Å². The number of thiocarbonyl (C=S) groups is 3. The van der Waals surface area contributed by atoms with Gasteiger partial charge in [-0.3, -0.25) is 0 Å². The van der Waals surface area contributed by atoms with Gasteiger partial charge in [-0.25, -0.2) is 0 Å². The number of fused-ring (bicyclic) bond motifs is 3. The zero-order chi connectivity index (χ0) is 53.4. The zero-order valence-electron chi connectivity index (χ0n) is 41.5. The largest absolute Gasteiger partial charge is 0.504 e. The van der Waals surface area contributed by atoms with Gasteiger partial charge < -0.3 is 61.3 Å². The molecular weight excluding hydrogens is 1070 g/mol. The van der Waals surface area contributed by atoms with Gasteiger partial charge in [0.2, 0.25) is 0 Å². The number of nitrogens with zero attached hydrogens (tertiary/aromatic N) is 3. The van der Waals surface area contributed by atoms with E-state index < -0.39 is 0 Å². The van der Waals surface area contributed by atoms with E-state index in [-0.39, 0.29) is 34.5 Å². The molecule has 75 heavy (non-hydrogen) atoms. The summed E-state index contributed by atoms with van der Waals surface area (Å²) in [6.45, 7) is 6.72. The summed E-state index contributed by atoms with van der Waals surface area (Å²) in [5, 5.41) is 72.6. The summed E-state index contributed by atoms with van der Waals surface area (Å²) in [6, 6.07) is 33.3. The first-order chi connectivity index (χ1) is 36.1. The topological polar surface area (TPSA) is 167 Å². The highest BCUT2D eigenvalue weighted by Crippen LogP contribution is 2.34. The lowest BCUT2D eigenvalue weighted by atomic mass is 10.0. The lowest BCUT2D eigenvalue weighted by Crippen LogP contribution is -2.40. The Morgan fingerprint density at radius 3 is 0.840 bits per heavy atom. The van der Waals surface area contributed by atoms with Crippen molar-refractivity contribution in [1.82, 2.24) is 30.7 Å². The SMILES string of the molecule is Oc1cc2c(cc1O)CN(C(=S)NCCc1ccc(Cl)cc1)CCC2.Oc1cc2c(cc1O)CN(C(=S)NCCc1ccc(Cl)cc1)CCC2.Oc1cc2c(cc1O)CN(C(=S)NCCc1ccc(Cl)cc1)CCC2. The minimum Gasteiger partial charge on any atom is -0.504 e. The third kappa shape index (κ3) is 17.0. The lowest BCUT2D eigenvalue weighted by Gasteiger charge is -2.24. The van der Waals surface area contributed by atoms with Crippen LogP contribution in [-0.2, 0) is 58.2 Å². The fourth-order valence-corrected chi connectivity index (χ4v) is 10.3. The minimum absolute atomic E-state index is 0.0594. The van der Waals surface area contributed by atoms with E-state index in [0.717, 1.165) is 161 Å². The Kier molecular flexibility index (Phi) is 21.0. The van der Waals surface area contributed by atoms with Gasteiger partial charge in [-0.2, -0.15) is 0 Å². The average Bonchev–Trinajstić information content (AvgIpc) is 3.83. The number of nitrogens with one attached hydrogen (secondary N) is 3. The van der Waals surface area contributed by atoms with Gasteiger partial charge in [-0.05, 0) is 217 Å². The van der Waals surface area contributed by atoms with Gasteiger partial charge in [0.05, 0.1) is 0 Å². The number of aryl methyl sites for hydroxylation is 3. The van der Waals surface area contributed by atoms with Crippen molar-refractivity contribution in [2.24, 2.45) is 0 Å². The Bertz CT molecular complexity index is 2610. The fraction of sp³-hybridized carbons (Fsp3) is 0.316. The van der Waals surface area contributed by atoms with Crippen LogP contribution in [0.15, 0.2) is 109 Å². The summed E-state index contributed by atoms with van der Waals surface area (Å²) in [5.74, 6) is -0.422. The van der Waals surface area contributed by atoms with E-state index in [0.29, 0.717) is 19.6 Å². The van der Waals surface area contributed by atoms with Gasteiger partial charge in [0, 0.05) is 74.0 Å².